The molecule has 53 heavy (non-hydrogen) atoms. The Kier molecular flexibility index (Phi) is 34.3. The molecule has 0 saturated carbocycles. The number of rotatable bonds is 37. The van der Waals surface area contributed by atoms with E-state index in [2.05, 4.69) is 62.5 Å². The summed E-state index contributed by atoms with van der Waals surface area (Å²) in [6.45, 7) is 4.31. The highest BCUT2D eigenvalue weighted by Gasteiger charge is 2.27. The maximum absolute atomic E-state index is 12.7. The van der Waals surface area contributed by atoms with Gasteiger partial charge in [-0.25, -0.2) is 4.57 Å². The van der Waals surface area contributed by atoms with Gasteiger partial charge >= 0.3 is 19.8 Å². The van der Waals surface area contributed by atoms with E-state index in [1.54, 1.807) is 0 Å². The zero-order chi connectivity index (χ0) is 39.3. The number of nitrogens with zero attached hydrogens (tertiary/aromatic N) is 1. The number of hydrogen-bond acceptors (Lipinski definition) is 7. The Morgan fingerprint density at radius 1 is 0.585 bits per heavy atom. The summed E-state index contributed by atoms with van der Waals surface area (Å²) in [6.07, 6.45) is 40.1. The molecule has 0 amide bonds. The molecule has 0 heterocycles. The van der Waals surface area contributed by atoms with Crippen molar-refractivity contribution in [3.05, 3.63) is 48.6 Å². The average Bonchev–Trinajstić information content (AvgIpc) is 3.10. The average molecular weight is 769 g/mol. The highest BCUT2D eigenvalue weighted by atomic mass is 31.2. The summed E-state index contributed by atoms with van der Waals surface area (Å²) in [5.74, 6) is -0.838. The quantitative estimate of drug-likeness (QED) is 0.0219. The van der Waals surface area contributed by atoms with Crippen molar-refractivity contribution in [2.24, 2.45) is 0 Å². The molecule has 0 radical (unpaired) electrons. The molecule has 0 saturated heterocycles. The van der Waals surface area contributed by atoms with Crippen molar-refractivity contribution in [3.63, 3.8) is 0 Å². The lowest BCUT2D eigenvalue weighted by Gasteiger charge is -2.24. The lowest BCUT2D eigenvalue weighted by Crippen LogP contribution is -2.37. The van der Waals surface area contributed by atoms with Crippen LogP contribution in [0.15, 0.2) is 48.6 Å². The second-order valence-electron chi connectivity index (χ2n) is 15.0. The van der Waals surface area contributed by atoms with Gasteiger partial charge in [-0.2, -0.15) is 0 Å². The van der Waals surface area contributed by atoms with E-state index in [4.69, 9.17) is 18.5 Å². The molecule has 0 fully saturated rings. The van der Waals surface area contributed by atoms with Gasteiger partial charge in [-0.15, -0.1) is 0 Å². The van der Waals surface area contributed by atoms with Crippen molar-refractivity contribution in [2.45, 2.75) is 168 Å². The van der Waals surface area contributed by atoms with Crippen LogP contribution in [0.2, 0.25) is 0 Å². The summed E-state index contributed by atoms with van der Waals surface area (Å²) in [7, 11) is 1.45. The summed E-state index contributed by atoms with van der Waals surface area (Å²) < 4.78 is 34.2. The fraction of sp³-hybridized carbons (Fsp3) is 0.767. The van der Waals surface area contributed by atoms with Crippen molar-refractivity contribution in [1.82, 2.24) is 0 Å². The highest BCUT2D eigenvalue weighted by molar-refractivity contribution is 7.47. The van der Waals surface area contributed by atoms with Gasteiger partial charge in [0.25, 0.3) is 0 Å². The van der Waals surface area contributed by atoms with Gasteiger partial charge in [-0.3, -0.25) is 18.6 Å². The van der Waals surface area contributed by atoms with E-state index in [0.29, 0.717) is 17.4 Å². The van der Waals surface area contributed by atoms with Crippen molar-refractivity contribution in [1.29, 1.82) is 0 Å². The van der Waals surface area contributed by atoms with E-state index in [1.807, 2.05) is 21.1 Å². The number of carbonyl (C=O) groups is 2. The van der Waals surface area contributed by atoms with Gasteiger partial charge in [0.2, 0.25) is 0 Å². The molecular weight excluding hydrogens is 689 g/mol. The maximum Gasteiger partial charge on any atom is 0.472 e. The van der Waals surface area contributed by atoms with Crippen LogP contribution < -0.4 is 0 Å². The maximum atomic E-state index is 12.7. The largest absolute Gasteiger partial charge is 0.472 e. The van der Waals surface area contributed by atoms with Crippen LogP contribution >= 0.6 is 7.82 Å². The minimum Gasteiger partial charge on any atom is -0.462 e. The van der Waals surface area contributed by atoms with Crippen LogP contribution in [-0.2, 0) is 32.7 Å². The van der Waals surface area contributed by atoms with Crippen LogP contribution in [0.1, 0.15) is 162 Å². The van der Waals surface area contributed by atoms with Crippen LogP contribution in [0.5, 0.6) is 0 Å². The molecule has 1 unspecified atom stereocenters. The number of allylic oxidation sites excluding steroid dienone is 8. The van der Waals surface area contributed by atoms with Crippen molar-refractivity contribution >= 4 is 19.8 Å². The molecule has 308 valence electrons. The molecule has 2 atom stereocenters. The summed E-state index contributed by atoms with van der Waals surface area (Å²) >= 11 is 0. The molecule has 0 aliphatic rings. The predicted molar refractivity (Wildman–Crippen MR) is 220 cm³/mol. The number of likely N-dealkylation sites (N-methyl/N-ethyl adjacent to an activating group) is 1. The molecule has 0 aromatic heterocycles. The first-order valence-corrected chi connectivity index (χ1v) is 22.4. The van der Waals surface area contributed by atoms with Gasteiger partial charge < -0.3 is 18.9 Å². The third-order valence-electron chi connectivity index (χ3n) is 8.58. The van der Waals surface area contributed by atoms with E-state index in [1.165, 1.54) is 51.4 Å². The van der Waals surface area contributed by atoms with Crippen LogP contribution in [-0.4, -0.2) is 74.9 Å². The standard InChI is InChI=1S/C43H78NO8P/c1-6-8-10-12-14-16-18-20-21-22-23-24-26-28-30-32-34-36-43(46)52-41(40-51-53(47,48)50-38-37-44(3,4)5)39-49-42(45)35-33-31-29-27-25-19-17-15-13-11-9-7-2/h14-17,20-21,23-24,41H,6-13,18-19,22,25-40H2,1-5H3/p+1/b16-14+,17-15+,21-20+,24-23+/t41-/m1/s1. The van der Waals surface area contributed by atoms with Gasteiger partial charge in [0.05, 0.1) is 27.7 Å². The monoisotopic (exact) mass is 769 g/mol. The molecular formula is C43H79NO8P+. The zero-order valence-corrected chi connectivity index (χ0v) is 35.4. The second kappa shape index (κ2) is 35.7. The number of carbonyl (C=O) groups excluding carboxylic acids is 2. The minimum absolute atomic E-state index is 0.0242. The molecule has 0 aliphatic heterocycles. The van der Waals surface area contributed by atoms with Gasteiger partial charge in [-0.05, 0) is 77.0 Å². The molecule has 0 aromatic carbocycles. The summed E-state index contributed by atoms with van der Waals surface area (Å²) in [5, 5.41) is 0. The smallest absolute Gasteiger partial charge is 0.462 e. The molecule has 0 rings (SSSR count). The minimum atomic E-state index is -4.38. The summed E-state index contributed by atoms with van der Waals surface area (Å²) in [4.78, 5) is 35.3. The SMILES string of the molecule is CCCCC/C=C/C/C=C/C/C=C/CCCCCCC(=O)O[C@H](COC(=O)CCCCCCC/C=C/CCCCC)COP(=O)(O)OCC[N+](C)(C)C. The Morgan fingerprint density at radius 3 is 1.53 bits per heavy atom. The third kappa shape index (κ3) is 39.5. The van der Waals surface area contributed by atoms with E-state index >= 15 is 0 Å². The van der Waals surface area contributed by atoms with Gasteiger partial charge in [0, 0.05) is 12.8 Å². The second-order valence-corrected chi connectivity index (χ2v) is 16.5. The van der Waals surface area contributed by atoms with Crippen LogP contribution in [0.4, 0.5) is 0 Å². The van der Waals surface area contributed by atoms with Gasteiger partial charge in [0.15, 0.2) is 6.10 Å². The van der Waals surface area contributed by atoms with Crippen LogP contribution in [0, 0.1) is 0 Å². The summed E-state index contributed by atoms with van der Waals surface area (Å²) in [5.41, 5.74) is 0. The molecule has 0 aromatic rings. The normalized spacial score (nSPS) is 14.2. The van der Waals surface area contributed by atoms with E-state index < -0.39 is 26.5 Å². The molecule has 9 nitrogen and oxygen atoms in total. The number of phosphoric ester groups is 1. The number of quaternary nitrogens is 1. The van der Waals surface area contributed by atoms with Crippen molar-refractivity contribution in [3.8, 4) is 0 Å². The number of phosphoric acid groups is 1. The fourth-order valence-corrected chi connectivity index (χ4v) is 5.99. The zero-order valence-electron chi connectivity index (χ0n) is 34.5. The van der Waals surface area contributed by atoms with Gasteiger partial charge in [-0.1, -0.05) is 120 Å². The Balaban J connectivity index is 4.46. The van der Waals surface area contributed by atoms with Gasteiger partial charge in [0.1, 0.15) is 19.8 Å². The molecule has 10 heteroatoms. The number of esters is 2. The van der Waals surface area contributed by atoms with Crippen molar-refractivity contribution < 1.29 is 42.1 Å². The Morgan fingerprint density at radius 2 is 1.02 bits per heavy atom. The van der Waals surface area contributed by atoms with Crippen molar-refractivity contribution in [2.75, 3.05) is 47.5 Å². The van der Waals surface area contributed by atoms with E-state index in [-0.39, 0.29) is 32.0 Å². The fourth-order valence-electron chi connectivity index (χ4n) is 5.25. The van der Waals surface area contributed by atoms with E-state index in [9.17, 15) is 19.0 Å². The Labute approximate surface area is 324 Å². The predicted octanol–water partition coefficient (Wildman–Crippen LogP) is 11.5. The molecule has 0 spiro atoms. The Hall–Kier alpha value is -2.03. The molecule has 0 aliphatic carbocycles. The summed E-state index contributed by atoms with van der Waals surface area (Å²) in [6, 6.07) is 0. The molecule has 0 bridgehead atoms. The first-order chi connectivity index (χ1) is 25.5. The van der Waals surface area contributed by atoms with E-state index in [0.717, 1.165) is 77.0 Å². The number of unbranched alkanes of at least 4 members (excludes halogenated alkanes) is 15. The number of ether oxygens (including phenoxy) is 2. The topological polar surface area (TPSA) is 108 Å². The lowest BCUT2D eigenvalue weighted by atomic mass is 10.1. The molecule has 1 N–H and O–H groups in total. The highest BCUT2D eigenvalue weighted by Crippen LogP contribution is 2.43. The number of hydrogen-bond donors (Lipinski definition) is 1. The Bertz CT molecular complexity index is 1050. The third-order valence-corrected chi connectivity index (χ3v) is 9.57. The van der Waals surface area contributed by atoms with Crippen LogP contribution in [0.3, 0.4) is 0 Å². The lowest BCUT2D eigenvalue weighted by molar-refractivity contribution is -0.870. The first kappa shape index (κ1) is 51.0. The van der Waals surface area contributed by atoms with Crippen LogP contribution in [0.25, 0.3) is 0 Å². The first-order valence-electron chi connectivity index (χ1n) is 20.9.